The van der Waals surface area contributed by atoms with Gasteiger partial charge in [0.2, 0.25) is 0 Å². The Bertz CT molecular complexity index is 778. The average molecular weight is 327 g/mol. The van der Waals surface area contributed by atoms with Crippen LogP contribution in [-0.4, -0.2) is 30.8 Å². The van der Waals surface area contributed by atoms with Crippen molar-refractivity contribution < 1.29 is 0 Å². The summed E-state index contributed by atoms with van der Waals surface area (Å²) >= 11 is 0. The Kier molecular flexibility index (Phi) is 4.22. The molecular weight excluding hydrogens is 302 g/mol. The van der Waals surface area contributed by atoms with Crippen molar-refractivity contribution in [2.24, 2.45) is 7.05 Å². The fourth-order valence-electron chi connectivity index (χ4n) is 3.98. The van der Waals surface area contributed by atoms with E-state index in [4.69, 9.17) is 0 Å². The Balaban J connectivity index is 1.58. The topological polar surface area (TPSA) is 56.0 Å². The summed E-state index contributed by atoms with van der Waals surface area (Å²) in [5.74, 6) is 2.29. The van der Waals surface area contributed by atoms with E-state index in [0.29, 0.717) is 6.04 Å². The van der Waals surface area contributed by atoms with Crippen molar-refractivity contribution in [3.63, 3.8) is 0 Å². The standard InChI is InChI=1S/C18H25N5O/c1-21-11-8-14(12-17(21)24)13-22-9-5-6-15(22)18-20-19-16-7-3-2-4-10-23(16)18/h8,11-12,15H,2-7,9-10,13H2,1H3. The number of aryl methyl sites for hydroxylation is 2. The molecule has 0 aromatic carbocycles. The van der Waals surface area contributed by atoms with Gasteiger partial charge in [0, 0.05) is 38.8 Å². The van der Waals surface area contributed by atoms with E-state index in [0.717, 1.165) is 49.7 Å². The summed E-state index contributed by atoms with van der Waals surface area (Å²) in [6.07, 6.45) is 8.94. The van der Waals surface area contributed by atoms with Crippen LogP contribution in [0.5, 0.6) is 0 Å². The highest BCUT2D eigenvalue weighted by Crippen LogP contribution is 2.33. The van der Waals surface area contributed by atoms with Crippen LogP contribution in [0.4, 0.5) is 0 Å². The highest BCUT2D eigenvalue weighted by molar-refractivity contribution is 5.13. The summed E-state index contributed by atoms with van der Waals surface area (Å²) in [4.78, 5) is 14.3. The van der Waals surface area contributed by atoms with Gasteiger partial charge in [0.05, 0.1) is 6.04 Å². The molecule has 6 nitrogen and oxygen atoms in total. The van der Waals surface area contributed by atoms with Crippen molar-refractivity contribution in [1.29, 1.82) is 0 Å². The second kappa shape index (κ2) is 6.51. The first-order valence-electron chi connectivity index (χ1n) is 9.04. The Hall–Kier alpha value is -1.95. The van der Waals surface area contributed by atoms with E-state index in [1.54, 1.807) is 17.7 Å². The fourth-order valence-corrected chi connectivity index (χ4v) is 3.98. The second-order valence-electron chi connectivity index (χ2n) is 7.05. The van der Waals surface area contributed by atoms with Gasteiger partial charge in [-0.3, -0.25) is 9.69 Å². The molecule has 6 heteroatoms. The normalized spacial score (nSPS) is 21.6. The van der Waals surface area contributed by atoms with Crippen molar-refractivity contribution in [3.05, 3.63) is 45.9 Å². The Labute approximate surface area is 142 Å². The summed E-state index contributed by atoms with van der Waals surface area (Å²) in [6, 6.07) is 4.12. The summed E-state index contributed by atoms with van der Waals surface area (Å²) in [6.45, 7) is 2.92. The lowest BCUT2D eigenvalue weighted by molar-refractivity contribution is 0.234. The third kappa shape index (κ3) is 2.90. The number of hydrogen-bond acceptors (Lipinski definition) is 4. The van der Waals surface area contributed by atoms with Gasteiger partial charge in [0.1, 0.15) is 11.6 Å². The molecular formula is C18H25N5O. The smallest absolute Gasteiger partial charge is 0.250 e. The number of rotatable bonds is 3. The molecule has 0 N–H and O–H groups in total. The number of fused-ring (bicyclic) bond motifs is 1. The van der Waals surface area contributed by atoms with Crippen LogP contribution >= 0.6 is 0 Å². The highest BCUT2D eigenvalue weighted by atomic mass is 16.1. The van der Waals surface area contributed by atoms with Crippen molar-refractivity contribution >= 4 is 0 Å². The van der Waals surface area contributed by atoms with Gasteiger partial charge >= 0.3 is 0 Å². The molecule has 1 saturated heterocycles. The van der Waals surface area contributed by atoms with Gasteiger partial charge in [-0.05, 0) is 43.9 Å². The maximum absolute atomic E-state index is 11.9. The zero-order valence-electron chi connectivity index (χ0n) is 14.3. The van der Waals surface area contributed by atoms with Gasteiger partial charge in [0.25, 0.3) is 5.56 Å². The molecule has 0 radical (unpaired) electrons. The largest absolute Gasteiger partial charge is 0.319 e. The first-order valence-corrected chi connectivity index (χ1v) is 9.04. The molecule has 0 bridgehead atoms. The zero-order valence-corrected chi connectivity index (χ0v) is 14.3. The predicted molar refractivity (Wildman–Crippen MR) is 91.6 cm³/mol. The molecule has 4 rings (SSSR count). The highest BCUT2D eigenvalue weighted by Gasteiger charge is 2.31. The van der Waals surface area contributed by atoms with E-state index in [-0.39, 0.29) is 5.56 Å². The molecule has 0 aliphatic carbocycles. The van der Waals surface area contributed by atoms with Crippen LogP contribution in [0.1, 0.15) is 55.4 Å². The number of likely N-dealkylation sites (tertiary alicyclic amines) is 1. The lowest BCUT2D eigenvalue weighted by atomic mass is 10.2. The molecule has 2 aliphatic rings. The van der Waals surface area contributed by atoms with Crippen molar-refractivity contribution in [1.82, 2.24) is 24.2 Å². The molecule has 2 aromatic heterocycles. The number of pyridine rings is 1. The minimum atomic E-state index is 0.0552. The first kappa shape index (κ1) is 15.6. The summed E-state index contributed by atoms with van der Waals surface area (Å²) in [7, 11) is 1.79. The maximum atomic E-state index is 11.9. The molecule has 1 unspecified atom stereocenters. The van der Waals surface area contributed by atoms with Gasteiger partial charge in [-0.25, -0.2) is 0 Å². The van der Waals surface area contributed by atoms with E-state index in [1.807, 2.05) is 12.3 Å². The van der Waals surface area contributed by atoms with Crippen LogP contribution in [-0.2, 0) is 26.6 Å². The van der Waals surface area contributed by atoms with E-state index in [9.17, 15) is 4.79 Å². The molecule has 2 aromatic rings. The van der Waals surface area contributed by atoms with Crippen molar-refractivity contribution in [2.75, 3.05) is 6.54 Å². The van der Waals surface area contributed by atoms with Crippen LogP contribution in [0, 0.1) is 0 Å². The van der Waals surface area contributed by atoms with Crippen LogP contribution < -0.4 is 5.56 Å². The third-order valence-corrected chi connectivity index (χ3v) is 5.35. The summed E-state index contributed by atoms with van der Waals surface area (Å²) in [5.41, 5.74) is 1.14. The van der Waals surface area contributed by atoms with E-state index in [2.05, 4.69) is 19.7 Å². The van der Waals surface area contributed by atoms with Gasteiger partial charge in [-0.1, -0.05) is 6.42 Å². The quantitative estimate of drug-likeness (QED) is 0.866. The summed E-state index contributed by atoms with van der Waals surface area (Å²) < 4.78 is 3.98. The Morgan fingerprint density at radius 1 is 1.17 bits per heavy atom. The molecule has 0 spiro atoms. The molecule has 4 heterocycles. The minimum Gasteiger partial charge on any atom is -0.319 e. The molecule has 128 valence electrons. The van der Waals surface area contributed by atoms with Gasteiger partial charge < -0.3 is 9.13 Å². The predicted octanol–water partition coefficient (Wildman–Crippen LogP) is 2.04. The SMILES string of the molecule is Cn1ccc(CN2CCCC2c2nnc3n2CCCCC3)cc1=O. The third-order valence-electron chi connectivity index (χ3n) is 5.35. The zero-order chi connectivity index (χ0) is 16.5. The summed E-state index contributed by atoms with van der Waals surface area (Å²) in [5, 5.41) is 9.01. The van der Waals surface area contributed by atoms with E-state index in [1.165, 1.54) is 25.7 Å². The monoisotopic (exact) mass is 327 g/mol. The Morgan fingerprint density at radius 3 is 2.96 bits per heavy atom. The number of nitrogens with zero attached hydrogens (tertiary/aromatic N) is 5. The minimum absolute atomic E-state index is 0.0552. The van der Waals surface area contributed by atoms with Crippen LogP contribution in [0.25, 0.3) is 0 Å². The van der Waals surface area contributed by atoms with Crippen molar-refractivity contribution in [3.8, 4) is 0 Å². The molecule has 0 saturated carbocycles. The molecule has 1 atom stereocenters. The first-order chi connectivity index (χ1) is 11.7. The average Bonchev–Trinajstić information content (AvgIpc) is 3.11. The molecule has 1 fully saturated rings. The molecule has 2 aliphatic heterocycles. The van der Waals surface area contributed by atoms with Crippen LogP contribution in [0.3, 0.4) is 0 Å². The molecule has 0 amide bonds. The van der Waals surface area contributed by atoms with E-state index < -0.39 is 0 Å². The van der Waals surface area contributed by atoms with E-state index >= 15 is 0 Å². The van der Waals surface area contributed by atoms with Gasteiger partial charge in [0.15, 0.2) is 0 Å². The van der Waals surface area contributed by atoms with Crippen molar-refractivity contribution in [2.45, 2.75) is 57.7 Å². The Morgan fingerprint density at radius 2 is 2.08 bits per heavy atom. The lowest BCUT2D eigenvalue weighted by Crippen LogP contribution is -2.26. The number of hydrogen-bond donors (Lipinski definition) is 0. The maximum Gasteiger partial charge on any atom is 0.250 e. The van der Waals surface area contributed by atoms with Crippen LogP contribution in [0.2, 0.25) is 0 Å². The fraction of sp³-hybridized carbons (Fsp3) is 0.611. The van der Waals surface area contributed by atoms with Gasteiger partial charge in [-0.15, -0.1) is 10.2 Å². The lowest BCUT2D eigenvalue weighted by Gasteiger charge is -2.24. The number of aromatic nitrogens is 4. The second-order valence-corrected chi connectivity index (χ2v) is 7.05. The van der Waals surface area contributed by atoms with Crippen LogP contribution in [0.15, 0.2) is 23.1 Å². The van der Waals surface area contributed by atoms with Gasteiger partial charge in [-0.2, -0.15) is 0 Å². The molecule has 24 heavy (non-hydrogen) atoms.